The summed E-state index contributed by atoms with van der Waals surface area (Å²) in [5.74, 6) is 2.04. The summed E-state index contributed by atoms with van der Waals surface area (Å²) >= 11 is 0. The van der Waals surface area contributed by atoms with Crippen molar-refractivity contribution in [2.24, 2.45) is 5.92 Å². The number of amides is 2. The number of piperidine rings is 3. The zero-order valence-electron chi connectivity index (χ0n) is 37.3. The number of aromatic amines is 1. The van der Waals surface area contributed by atoms with Crippen molar-refractivity contribution in [1.29, 1.82) is 0 Å². The van der Waals surface area contributed by atoms with Crippen LogP contribution in [0.15, 0.2) is 126 Å². The van der Waals surface area contributed by atoms with Crippen LogP contribution < -0.4 is 30.4 Å². The first-order chi connectivity index (χ1) is 32.1. The number of phenols is 1. The molecule has 0 spiro atoms. The number of ether oxygens (including phenoxy) is 4. The summed E-state index contributed by atoms with van der Waals surface area (Å²) in [6.45, 7) is 4.56. The first kappa shape index (κ1) is 45.7. The fourth-order valence-corrected chi connectivity index (χ4v) is 8.95. The van der Waals surface area contributed by atoms with E-state index in [0.717, 1.165) is 54.7 Å². The number of aromatic nitrogens is 1. The van der Waals surface area contributed by atoms with Crippen LogP contribution in [0.5, 0.6) is 23.0 Å². The molecule has 9 rings (SSSR count). The topological polar surface area (TPSA) is 175 Å². The molecular weight excluding hydrogens is 839 g/mol. The van der Waals surface area contributed by atoms with Gasteiger partial charge in [0.2, 0.25) is 5.56 Å². The number of benzene rings is 5. The maximum Gasteiger partial charge on any atom is 0.408 e. The van der Waals surface area contributed by atoms with Gasteiger partial charge < -0.3 is 49.7 Å². The first-order valence-corrected chi connectivity index (χ1v) is 22.5. The third kappa shape index (κ3) is 11.1. The van der Waals surface area contributed by atoms with Gasteiger partial charge in [-0.15, -0.1) is 0 Å². The number of nitrogens with zero attached hydrogens (tertiary/aromatic N) is 2. The van der Waals surface area contributed by atoms with E-state index in [1.807, 2.05) is 78.9 Å². The number of phenolic OH excluding ortho intramolecular Hbond substituents is 1. The van der Waals surface area contributed by atoms with Crippen LogP contribution in [0, 0.1) is 5.92 Å². The van der Waals surface area contributed by atoms with Gasteiger partial charge in [-0.05, 0) is 116 Å². The molecule has 14 nitrogen and oxygen atoms in total. The first-order valence-electron chi connectivity index (χ1n) is 22.5. The number of alkyl carbamates (subject to hydrolysis) is 1. The molecule has 6 aromatic rings. The minimum absolute atomic E-state index is 0.0729. The minimum Gasteiger partial charge on any atom is -0.506 e. The van der Waals surface area contributed by atoms with Crippen LogP contribution in [-0.2, 0) is 17.9 Å². The molecule has 3 fully saturated rings. The summed E-state index contributed by atoms with van der Waals surface area (Å²) in [4.78, 5) is 46.2. The molecule has 3 aliphatic rings. The van der Waals surface area contributed by atoms with E-state index in [-0.39, 0.29) is 48.5 Å². The summed E-state index contributed by atoms with van der Waals surface area (Å²) in [6, 6.07) is 36.0. The lowest BCUT2D eigenvalue weighted by molar-refractivity contribution is -0.0336. The Hall–Kier alpha value is -6.87. The molecule has 14 heteroatoms. The van der Waals surface area contributed by atoms with E-state index in [4.69, 9.17) is 18.9 Å². The van der Waals surface area contributed by atoms with Gasteiger partial charge in [0.25, 0.3) is 5.91 Å². The molecule has 3 saturated heterocycles. The molecule has 5 N–H and O–H groups in total. The number of rotatable bonds is 19. The van der Waals surface area contributed by atoms with Crippen LogP contribution in [0.1, 0.15) is 69.6 Å². The Kier molecular flexibility index (Phi) is 14.8. The minimum atomic E-state index is -0.912. The van der Waals surface area contributed by atoms with Crippen LogP contribution >= 0.6 is 0 Å². The molecule has 4 heterocycles. The lowest BCUT2D eigenvalue weighted by atomic mass is 9.86. The van der Waals surface area contributed by atoms with Crippen LogP contribution in [0.4, 0.5) is 4.79 Å². The number of aliphatic hydroxyl groups excluding tert-OH is 1. The van der Waals surface area contributed by atoms with Crippen molar-refractivity contribution in [3.8, 4) is 23.0 Å². The average Bonchev–Trinajstić information content (AvgIpc) is 3.35. The Morgan fingerprint density at radius 3 is 2.39 bits per heavy atom. The number of hydrogen-bond acceptors (Lipinski definition) is 11. The number of aliphatic hydroxyl groups is 1. The van der Waals surface area contributed by atoms with Crippen molar-refractivity contribution in [3.05, 3.63) is 165 Å². The number of nitrogens with one attached hydrogen (secondary N) is 3. The molecule has 0 saturated carbocycles. The van der Waals surface area contributed by atoms with Gasteiger partial charge in [-0.25, -0.2) is 4.79 Å². The quantitative estimate of drug-likeness (QED) is 0.0525. The molecular formula is C52H57N5O9. The summed E-state index contributed by atoms with van der Waals surface area (Å²) in [5.41, 5.74) is 4.47. The van der Waals surface area contributed by atoms with Gasteiger partial charge in [0, 0.05) is 54.8 Å². The van der Waals surface area contributed by atoms with Crippen molar-refractivity contribution >= 4 is 22.9 Å². The van der Waals surface area contributed by atoms with Gasteiger partial charge in [-0.2, -0.15) is 0 Å². The van der Waals surface area contributed by atoms with E-state index >= 15 is 0 Å². The predicted octanol–water partition coefficient (Wildman–Crippen LogP) is 7.10. The molecule has 2 bridgehead atoms. The van der Waals surface area contributed by atoms with Crippen LogP contribution in [0.25, 0.3) is 10.9 Å². The predicted molar refractivity (Wildman–Crippen MR) is 251 cm³/mol. The lowest BCUT2D eigenvalue weighted by Crippen LogP contribution is -2.52. The second kappa shape index (κ2) is 21.4. The summed E-state index contributed by atoms with van der Waals surface area (Å²) < 4.78 is 23.4. The maximum absolute atomic E-state index is 14.2. The number of aromatic hydroxyl groups is 1. The third-order valence-corrected chi connectivity index (χ3v) is 12.6. The second-order valence-corrected chi connectivity index (χ2v) is 16.9. The monoisotopic (exact) mass is 895 g/mol. The number of H-pyrrole nitrogens is 1. The highest BCUT2D eigenvalue weighted by Crippen LogP contribution is 2.32. The normalized spacial score (nSPS) is 17.4. The number of pyridine rings is 1. The Bertz CT molecular complexity index is 2650. The third-order valence-electron chi connectivity index (χ3n) is 12.6. The van der Waals surface area contributed by atoms with E-state index in [1.165, 1.54) is 12.1 Å². The number of methoxy groups -OCH3 is 2. The van der Waals surface area contributed by atoms with Gasteiger partial charge in [0.15, 0.2) is 0 Å². The number of carbonyl (C=O) groups is 2. The number of carbonyl (C=O) groups excluding carboxylic acids is 2. The molecule has 3 aliphatic heterocycles. The zero-order valence-corrected chi connectivity index (χ0v) is 37.3. The molecule has 0 radical (unpaired) electrons. The fourth-order valence-electron chi connectivity index (χ4n) is 8.95. The highest BCUT2D eigenvalue weighted by atomic mass is 16.6. The SMILES string of the molecule is COc1ccc(CN(CCCNCC(O)c2ccc(O)c3[nH]c(=O)ccc23)C(=O)c2ccc(COc3cccc([C@@H](NC(=O)OC4CN5CCC4CC5)c4ccccc4)c3)cc2)c(OC)c1. The number of fused-ring (bicyclic) bond motifs is 4. The molecule has 1 aromatic heterocycles. The maximum atomic E-state index is 14.2. The largest absolute Gasteiger partial charge is 0.506 e. The van der Waals surface area contributed by atoms with Crippen LogP contribution in [0.3, 0.4) is 0 Å². The van der Waals surface area contributed by atoms with Crippen molar-refractivity contribution in [2.45, 2.75) is 50.7 Å². The smallest absolute Gasteiger partial charge is 0.408 e. The van der Waals surface area contributed by atoms with E-state index in [9.17, 15) is 24.6 Å². The highest BCUT2D eigenvalue weighted by Gasteiger charge is 2.37. The van der Waals surface area contributed by atoms with Crippen molar-refractivity contribution < 1.29 is 38.7 Å². The van der Waals surface area contributed by atoms with E-state index < -0.39 is 18.2 Å². The molecule has 344 valence electrons. The van der Waals surface area contributed by atoms with Gasteiger partial charge >= 0.3 is 6.09 Å². The van der Waals surface area contributed by atoms with Gasteiger partial charge in [-0.1, -0.05) is 60.7 Å². The van der Waals surface area contributed by atoms with E-state index in [1.54, 1.807) is 49.5 Å². The summed E-state index contributed by atoms with van der Waals surface area (Å²) in [7, 11) is 3.17. The molecule has 0 aliphatic carbocycles. The highest BCUT2D eigenvalue weighted by molar-refractivity contribution is 5.94. The van der Waals surface area contributed by atoms with Gasteiger partial charge in [-0.3, -0.25) is 14.5 Å². The molecule has 2 unspecified atom stereocenters. The van der Waals surface area contributed by atoms with Crippen molar-refractivity contribution in [3.63, 3.8) is 0 Å². The molecule has 2 amide bonds. The second-order valence-electron chi connectivity index (χ2n) is 16.9. The standard InChI is InChI=1S/C52H57N5O9/c1-63-40-17-16-39(46(29-40)64-2)31-57(25-7-24-53-30-45(59)42-18-20-44(58)50-43(42)19-21-48(60)54-50)51(61)37-14-12-34(13-15-37)33-65-41-11-6-10-38(28-41)49(36-8-4-3-5-9-36)55-52(62)66-47-32-56-26-22-35(47)23-27-56/h3-6,8-21,28-29,35,45,47,49,53,58-59H,7,22-27,30-33H2,1-2H3,(H,54,60)(H,55,62)/t45?,47?,49-/m0/s1. The zero-order chi connectivity index (χ0) is 46.0. The fraction of sp³-hybridized carbons (Fsp3) is 0.327. The molecule has 3 atom stereocenters. The van der Waals surface area contributed by atoms with E-state index in [2.05, 4.69) is 20.5 Å². The Morgan fingerprint density at radius 2 is 1.65 bits per heavy atom. The lowest BCUT2D eigenvalue weighted by Gasteiger charge is -2.43. The summed E-state index contributed by atoms with van der Waals surface area (Å²) in [6.07, 6.45) is 1.24. The Balaban J connectivity index is 0.903. The van der Waals surface area contributed by atoms with Crippen molar-refractivity contribution in [2.75, 3.05) is 53.5 Å². The Labute approximate surface area is 384 Å². The van der Waals surface area contributed by atoms with Gasteiger partial charge in [0.05, 0.1) is 31.9 Å². The Morgan fingerprint density at radius 1 is 0.864 bits per heavy atom. The van der Waals surface area contributed by atoms with Crippen molar-refractivity contribution in [1.82, 2.24) is 25.4 Å². The summed E-state index contributed by atoms with van der Waals surface area (Å²) in [5, 5.41) is 28.3. The molecule has 5 aromatic carbocycles. The number of hydrogen-bond donors (Lipinski definition) is 5. The van der Waals surface area contributed by atoms with Crippen LogP contribution in [0.2, 0.25) is 0 Å². The van der Waals surface area contributed by atoms with Crippen LogP contribution in [-0.4, -0.2) is 96.6 Å². The van der Waals surface area contributed by atoms with E-state index in [0.29, 0.717) is 59.2 Å². The van der Waals surface area contributed by atoms with Gasteiger partial charge in [0.1, 0.15) is 35.7 Å². The average molecular weight is 896 g/mol. The molecule has 66 heavy (non-hydrogen) atoms.